The Hall–Kier alpha value is -1.57. The molecule has 3 N–H and O–H groups in total. The lowest BCUT2D eigenvalue weighted by Gasteiger charge is -2.35. The summed E-state index contributed by atoms with van der Waals surface area (Å²) in [6.45, 7) is 5.03. The van der Waals surface area contributed by atoms with E-state index < -0.39 is 6.10 Å². The van der Waals surface area contributed by atoms with Crippen LogP contribution in [-0.2, 0) is 11.2 Å². The summed E-state index contributed by atoms with van der Waals surface area (Å²) in [7, 11) is 0. The van der Waals surface area contributed by atoms with Gasteiger partial charge in [-0.05, 0) is 44.6 Å². The van der Waals surface area contributed by atoms with Gasteiger partial charge in [-0.25, -0.2) is 9.97 Å². The number of aromatic nitrogens is 2. The molecular weight excluding hydrogens is 332 g/mol. The van der Waals surface area contributed by atoms with E-state index in [2.05, 4.69) is 15.3 Å². The zero-order valence-electron chi connectivity index (χ0n) is 15.6. The molecule has 1 aliphatic carbocycles. The molecular formula is C19H30N4O3. The molecule has 1 saturated heterocycles. The number of likely N-dealkylation sites (tertiary alicyclic amines) is 1. The van der Waals surface area contributed by atoms with E-state index in [4.69, 9.17) is 0 Å². The van der Waals surface area contributed by atoms with Crippen molar-refractivity contribution in [1.29, 1.82) is 0 Å². The molecule has 4 atom stereocenters. The maximum atomic E-state index is 11.5. The lowest BCUT2D eigenvalue weighted by Crippen LogP contribution is -2.49. The molecule has 0 bridgehead atoms. The van der Waals surface area contributed by atoms with Crippen molar-refractivity contribution in [2.24, 2.45) is 11.8 Å². The van der Waals surface area contributed by atoms with Crippen molar-refractivity contribution in [2.75, 3.05) is 19.7 Å². The SMILES string of the molecule is CC(=O)N1CCC(N[C@@H]2C[C@@H](O)[C@H](CO)[C@H]2Cc2ccnc(C)n2)CC1. The Balaban J connectivity index is 1.65. The van der Waals surface area contributed by atoms with Crippen LogP contribution in [0.3, 0.4) is 0 Å². The van der Waals surface area contributed by atoms with Crippen molar-refractivity contribution >= 4 is 5.91 Å². The smallest absolute Gasteiger partial charge is 0.219 e. The fourth-order valence-electron chi connectivity index (χ4n) is 4.46. The normalized spacial score (nSPS) is 29.9. The third-order valence-corrected chi connectivity index (χ3v) is 5.94. The molecule has 144 valence electrons. The first-order valence-corrected chi connectivity index (χ1v) is 9.57. The summed E-state index contributed by atoms with van der Waals surface area (Å²) in [5.74, 6) is 0.870. The van der Waals surface area contributed by atoms with Gasteiger partial charge in [0, 0.05) is 56.5 Å². The second-order valence-corrected chi connectivity index (χ2v) is 7.67. The van der Waals surface area contributed by atoms with Crippen molar-refractivity contribution in [2.45, 2.75) is 57.7 Å². The minimum atomic E-state index is -0.497. The third-order valence-electron chi connectivity index (χ3n) is 5.94. The summed E-state index contributed by atoms with van der Waals surface area (Å²) in [4.78, 5) is 22.0. The first kappa shape index (κ1) is 19.2. The van der Waals surface area contributed by atoms with Gasteiger partial charge in [0.05, 0.1) is 6.10 Å². The molecule has 3 rings (SSSR count). The molecule has 2 heterocycles. The van der Waals surface area contributed by atoms with Crippen LogP contribution in [0.2, 0.25) is 0 Å². The number of nitrogens with zero attached hydrogens (tertiary/aromatic N) is 3. The van der Waals surface area contributed by atoms with Crippen molar-refractivity contribution < 1.29 is 15.0 Å². The first-order chi connectivity index (χ1) is 12.5. The highest BCUT2D eigenvalue weighted by Crippen LogP contribution is 2.35. The summed E-state index contributed by atoms with van der Waals surface area (Å²) < 4.78 is 0. The van der Waals surface area contributed by atoms with E-state index in [1.54, 1.807) is 13.1 Å². The molecule has 0 spiro atoms. The van der Waals surface area contributed by atoms with Gasteiger partial charge in [-0.2, -0.15) is 0 Å². The topological polar surface area (TPSA) is 98.6 Å². The number of aryl methyl sites for hydroxylation is 1. The minimum Gasteiger partial charge on any atom is -0.396 e. The number of rotatable bonds is 5. The zero-order chi connectivity index (χ0) is 18.7. The Kier molecular flexibility index (Phi) is 6.21. The van der Waals surface area contributed by atoms with Crippen LogP contribution in [0.5, 0.6) is 0 Å². The second kappa shape index (κ2) is 8.41. The summed E-state index contributed by atoms with van der Waals surface area (Å²) in [6.07, 6.45) is 4.48. The molecule has 0 radical (unpaired) electrons. The van der Waals surface area contributed by atoms with Gasteiger partial charge in [0.1, 0.15) is 5.82 Å². The predicted molar refractivity (Wildman–Crippen MR) is 97.4 cm³/mol. The quantitative estimate of drug-likeness (QED) is 0.696. The summed E-state index contributed by atoms with van der Waals surface area (Å²) >= 11 is 0. The van der Waals surface area contributed by atoms with Crippen LogP contribution in [-0.4, -0.2) is 68.9 Å². The highest BCUT2D eigenvalue weighted by Gasteiger charge is 2.43. The molecule has 1 amide bonds. The van der Waals surface area contributed by atoms with Crippen molar-refractivity contribution in [3.05, 3.63) is 23.8 Å². The van der Waals surface area contributed by atoms with Crippen LogP contribution < -0.4 is 5.32 Å². The van der Waals surface area contributed by atoms with E-state index in [1.165, 1.54) is 0 Å². The fraction of sp³-hybridized carbons (Fsp3) is 0.737. The van der Waals surface area contributed by atoms with E-state index >= 15 is 0 Å². The number of hydrogen-bond acceptors (Lipinski definition) is 6. The first-order valence-electron chi connectivity index (χ1n) is 9.57. The Morgan fingerprint density at radius 3 is 2.69 bits per heavy atom. The molecule has 2 fully saturated rings. The molecule has 2 aliphatic rings. The number of amides is 1. The van der Waals surface area contributed by atoms with Crippen LogP contribution in [0.25, 0.3) is 0 Å². The number of hydrogen-bond donors (Lipinski definition) is 3. The van der Waals surface area contributed by atoms with Gasteiger partial charge in [0.2, 0.25) is 5.91 Å². The average Bonchev–Trinajstić information content (AvgIpc) is 2.89. The maximum Gasteiger partial charge on any atom is 0.219 e. The second-order valence-electron chi connectivity index (χ2n) is 7.67. The molecule has 1 aliphatic heterocycles. The van der Waals surface area contributed by atoms with Crippen LogP contribution in [0.15, 0.2) is 12.3 Å². The van der Waals surface area contributed by atoms with Gasteiger partial charge < -0.3 is 20.4 Å². The number of carbonyl (C=O) groups is 1. The van der Waals surface area contributed by atoms with Crippen LogP contribution in [0.1, 0.15) is 37.7 Å². The van der Waals surface area contributed by atoms with Gasteiger partial charge in [-0.15, -0.1) is 0 Å². The Labute approximate surface area is 154 Å². The average molecular weight is 362 g/mol. The van der Waals surface area contributed by atoms with E-state index in [-0.39, 0.29) is 30.4 Å². The summed E-state index contributed by atoms with van der Waals surface area (Å²) in [5, 5.41) is 23.9. The monoisotopic (exact) mass is 362 g/mol. The van der Waals surface area contributed by atoms with Crippen molar-refractivity contribution in [1.82, 2.24) is 20.2 Å². The predicted octanol–water partition coefficient (Wildman–Crippen LogP) is 0.286. The number of nitrogens with one attached hydrogen (secondary N) is 1. The van der Waals surface area contributed by atoms with Gasteiger partial charge >= 0.3 is 0 Å². The third kappa shape index (κ3) is 4.39. The van der Waals surface area contributed by atoms with Gasteiger partial charge in [0.25, 0.3) is 0 Å². The van der Waals surface area contributed by atoms with Crippen LogP contribution in [0.4, 0.5) is 0 Å². The summed E-state index contributed by atoms with van der Waals surface area (Å²) in [5.41, 5.74) is 0.952. The van der Waals surface area contributed by atoms with Crippen LogP contribution >= 0.6 is 0 Å². The molecule has 7 heteroatoms. The fourth-order valence-corrected chi connectivity index (χ4v) is 4.46. The highest BCUT2D eigenvalue weighted by molar-refractivity contribution is 5.73. The summed E-state index contributed by atoms with van der Waals surface area (Å²) in [6, 6.07) is 2.40. The van der Waals surface area contributed by atoms with Gasteiger partial charge in [0.15, 0.2) is 0 Å². The van der Waals surface area contributed by atoms with Crippen molar-refractivity contribution in [3.63, 3.8) is 0 Å². The number of aliphatic hydroxyl groups excluding tert-OH is 2. The lowest BCUT2D eigenvalue weighted by atomic mass is 9.88. The number of piperidine rings is 1. The Morgan fingerprint density at radius 1 is 1.35 bits per heavy atom. The van der Waals surface area contributed by atoms with Gasteiger partial charge in [-0.3, -0.25) is 4.79 Å². The molecule has 7 nitrogen and oxygen atoms in total. The molecule has 1 aromatic heterocycles. The Bertz CT molecular complexity index is 619. The Morgan fingerprint density at radius 2 is 2.08 bits per heavy atom. The van der Waals surface area contributed by atoms with E-state index in [1.807, 2.05) is 17.9 Å². The maximum absolute atomic E-state index is 11.5. The van der Waals surface area contributed by atoms with E-state index in [0.29, 0.717) is 12.5 Å². The van der Waals surface area contributed by atoms with Gasteiger partial charge in [-0.1, -0.05) is 0 Å². The zero-order valence-corrected chi connectivity index (χ0v) is 15.6. The number of carbonyl (C=O) groups excluding carboxylic acids is 1. The largest absolute Gasteiger partial charge is 0.396 e. The number of aliphatic hydroxyl groups is 2. The van der Waals surface area contributed by atoms with E-state index in [0.717, 1.165) is 43.9 Å². The molecule has 1 aromatic rings. The molecule has 1 saturated carbocycles. The standard InChI is InChI=1S/C19H30N4O3/c1-12-20-6-3-15(21-12)9-16-17(11-24)19(26)10-18(16)22-14-4-7-23(8-5-14)13(2)25/h3,6,14,16-19,22,24,26H,4-5,7-11H2,1-2H3/t16-,17-,18-,19-/m1/s1. The minimum absolute atomic E-state index is 0.0170. The van der Waals surface area contributed by atoms with Crippen molar-refractivity contribution in [3.8, 4) is 0 Å². The molecule has 0 unspecified atom stereocenters. The molecule has 26 heavy (non-hydrogen) atoms. The lowest BCUT2D eigenvalue weighted by molar-refractivity contribution is -0.129. The highest BCUT2D eigenvalue weighted by atomic mass is 16.3. The van der Waals surface area contributed by atoms with E-state index in [9.17, 15) is 15.0 Å². The molecule has 0 aromatic carbocycles. The van der Waals surface area contributed by atoms with Crippen LogP contribution in [0, 0.1) is 18.8 Å².